The highest BCUT2D eigenvalue weighted by Gasteiger charge is 2.23. The smallest absolute Gasteiger partial charge is 0.252 e. The summed E-state index contributed by atoms with van der Waals surface area (Å²) in [5.74, 6) is -0.472. The Hall–Kier alpha value is -2.04. The van der Waals surface area contributed by atoms with Gasteiger partial charge in [0.15, 0.2) is 0 Å². The summed E-state index contributed by atoms with van der Waals surface area (Å²) in [5, 5.41) is 7.57. The van der Waals surface area contributed by atoms with Crippen LogP contribution >= 0.6 is 0 Å². The molecule has 102 valence electrons. The first-order chi connectivity index (χ1) is 8.80. The zero-order valence-corrected chi connectivity index (χ0v) is 11.8. The van der Waals surface area contributed by atoms with Crippen molar-refractivity contribution in [3.8, 4) is 0 Å². The second kappa shape index (κ2) is 4.57. The molecule has 0 saturated heterocycles. The van der Waals surface area contributed by atoms with E-state index in [1.54, 1.807) is 4.52 Å². The van der Waals surface area contributed by atoms with Crippen molar-refractivity contribution in [1.82, 2.24) is 9.61 Å². The molecule has 1 amide bonds. The van der Waals surface area contributed by atoms with Crippen LogP contribution in [-0.2, 0) is 0 Å². The quantitative estimate of drug-likeness (QED) is 0.889. The molecule has 0 aliphatic rings. The van der Waals surface area contributed by atoms with E-state index < -0.39 is 5.91 Å². The van der Waals surface area contributed by atoms with Gasteiger partial charge < -0.3 is 11.1 Å². The van der Waals surface area contributed by atoms with Crippen molar-refractivity contribution < 1.29 is 4.79 Å². The highest BCUT2D eigenvalue weighted by atomic mass is 16.1. The van der Waals surface area contributed by atoms with Gasteiger partial charge in [0.05, 0.1) is 23.0 Å². The van der Waals surface area contributed by atoms with Gasteiger partial charge in [-0.05, 0) is 24.5 Å². The van der Waals surface area contributed by atoms with Crippen LogP contribution in [0, 0.1) is 5.41 Å². The summed E-state index contributed by atoms with van der Waals surface area (Å²) in [6.07, 6.45) is 3.35. The summed E-state index contributed by atoms with van der Waals surface area (Å²) in [4.78, 5) is 11.6. The number of rotatable bonds is 3. The molecule has 5 heteroatoms. The van der Waals surface area contributed by atoms with E-state index in [2.05, 4.69) is 38.1 Å². The molecule has 0 aliphatic carbocycles. The summed E-state index contributed by atoms with van der Waals surface area (Å²) in [5.41, 5.74) is 7.52. The Balaban J connectivity index is 2.52. The van der Waals surface area contributed by atoms with Gasteiger partial charge in [0.2, 0.25) is 0 Å². The molecule has 19 heavy (non-hydrogen) atoms. The van der Waals surface area contributed by atoms with E-state index in [1.165, 1.54) is 6.20 Å². The first kappa shape index (κ1) is 13.4. The fourth-order valence-electron chi connectivity index (χ4n) is 1.76. The Labute approximate surface area is 112 Å². The minimum Gasteiger partial charge on any atom is -0.380 e. The van der Waals surface area contributed by atoms with Crippen LogP contribution in [0.2, 0.25) is 0 Å². The van der Waals surface area contributed by atoms with Gasteiger partial charge in [-0.1, -0.05) is 20.8 Å². The van der Waals surface area contributed by atoms with Crippen LogP contribution in [0.4, 0.5) is 5.69 Å². The first-order valence-corrected chi connectivity index (χ1v) is 6.33. The molecule has 2 aromatic rings. The SMILES string of the molecule is C[C@@H](Nc1c(C(N)=O)cnn2cccc12)C(C)(C)C. The summed E-state index contributed by atoms with van der Waals surface area (Å²) in [6.45, 7) is 8.52. The fraction of sp³-hybridized carbons (Fsp3) is 0.429. The van der Waals surface area contributed by atoms with Crippen LogP contribution in [0.5, 0.6) is 0 Å². The molecule has 5 nitrogen and oxygen atoms in total. The van der Waals surface area contributed by atoms with Crippen molar-refractivity contribution in [2.24, 2.45) is 11.1 Å². The summed E-state index contributed by atoms with van der Waals surface area (Å²) < 4.78 is 1.73. The van der Waals surface area contributed by atoms with Gasteiger partial charge in [-0.3, -0.25) is 4.79 Å². The molecule has 0 spiro atoms. The normalized spacial score (nSPS) is 13.5. The molecule has 0 bridgehead atoms. The molecule has 0 saturated carbocycles. The van der Waals surface area contributed by atoms with Gasteiger partial charge in [0.1, 0.15) is 0 Å². The number of primary amides is 1. The Morgan fingerprint density at radius 1 is 1.47 bits per heavy atom. The second-order valence-corrected chi connectivity index (χ2v) is 5.87. The minimum atomic E-state index is -0.472. The van der Waals surface area contributed by atoms with Crippen molar-refractivity contribution in [2.75, 3.05) is 5.32 Å². The zero-order chi connectivity index (χ0) is 14.2. The lowest BCUT2D eigenvalue weighted by Crippen LogP contribution is -2.32. The maximum absolute atomic E-state index is 11.6. The number of aromatic nitrogens is 2. The first-order valence-electron chi connectivity index (χ1n) is 6.33. The molecular weight excluding hydrogens is 240 g/mol. The Morgan fingerprint density at radius 3 is 2.74 bits per heavy atom. The Bertz CT molecular complexity index is 609. The fourth-order valence-corrected chi connectivity index (χ4v) is 1.76. The lowest BCUT2D eigenvalue weighted by atomic mass is 9.88. The van der Waals surface area contributed by atoms with Crippen molar-refractivity contribution in [3.63, 3.8) is 0 Å². The van der Waals surface area contributed by atoms with Crippen LogP contribution in [0.1, 0.15) is 38.1 Å². The van der Waals surface area contributed by atoms with Crippen LogP contribution in [0.25, 0.3) is 5.52 Å². The van der Waals surface area contributed by atoms with E-state index in [0.717, 1.165) is 11.2 Å². The predicted octanol–water partition coefficient (Wildman–Crippen LogP) is 2.28. The summed E-state index contributed by atoms with van der Waals surface area (Å²) in [6, 6.07) is 3.99. The molecule has 3 N–H and O–H groups in total. The molecule has 0 fully saturated rings. The molecule has 0 unspecified atom stereocenters. The van der Waals surface area contributed by atoms with Crippen LogP contribution in [0.15, 0.2) is 24.5 Å². The van der Waals surface area contributed by atoms with E-state index in [1.807, 2.05) is 18.3 Å². The van der Waals surface area contributed by atoms with Crippen molar-refractivity contribution in [1.29, 1.82) is 0 Å². The zero-order valence-electron chi connectivity index (χ0n) is 11.8. The largest absolute Gasteiger partial charge is 0.380 e. The van der Waals surface area contributed by atoms with Gasteiger partial charge in [0, 0.05) is 12.2 Å². The topological polar surface area (TPSA) is 72.4 Å². The van der Waals surface area contributed by atoms with Crippen LogP contribution < -0.4 is 11.1 Å². The van der Waals surface area contributed by atoms with E-state index in [9.17, 15) is 4.79 Å². The number of fused-ring (bicyclic) bond motifs is 1. The third-order valence-electron chi connectivity index (χ3n) is 3.49. The molecule has 0 aliphatic heterocycles. The molecule has 0 aromatic carbocycles. The average Bonchev–Trinajstić information content (AvgIpc) is 2.75. The Kier molecular flexibility index (Phi) is 3.22. The van der Waals surface area contributed by atoms with Gasteiger partial charge >= 0.3 is 0 Å². The standard InChI is InChI=1S/C14H20N4O/c1-9(14(2,3)4)17-12-10(13(15)19)8-16-18-7-5-6-11(12)18/h5-9,17H,1-4H3,(H2,15,19)/t9-/m1/s1. The number of hydrogen-bond donors (Lipinski definition) is 2. The summed E-state index contributed by atoms with van der Waals surface area (Å²) >= 11 is 0. The lowest BCUT2D eigenvalue weighted by molar-refractivity contribution is 0.100. The molecular formula is C14H20N4O. The predicted molar refractivity (Wildman–Crippen MR) is 76.2 cm³/mol. The number of anilines is 1. The highest BCUT2D eigenvalue weighted by Crippen LogP contribution is 2.27. The monoisotopic (exact) mass is 260 g/mol. The highest BCUT2D eigenvalue weighted by molar-refractivity contribution is 6.01. The number of hydrogen-bond acceptors (Lipinski definition) is 3. The van der Waals surface area contributed by atoms with Gasteiger partial charge in [-0.25, -0.2) is 4.52 Å². The van der Waals surface area contributed by atoms with Crippen molar-refractivity contribution in [2.45, 2.75) is 33.7 Å². The molecule has 2 rings (SSSR count). The minimum absolute atomic E-state index is 0.0712. The van der Waals surface area contributed by atoms with E-state index >= 15 is 0 Å². The van der Waals surface area contributed by atoms with E-state index in [-0.39, 0.29) is 11.5 Å². The molecule has 2 heterocycles. The molecule has 2 aromatic heterocycles. The van der Waals surface area contributed by atoms with E-state index in [0.29, 0.717) is 5.56 Å². The maximum Gasteiger partial charge on any atom is 0.252 e. The second-order valence-electron chi connectivity index (χ2n) is 5.87. The lowest BCUT2D eigenvalue weighted by Gasteiger charge is -2.29. The Morgan fingerprint density at radius 2 is 2.16 bits per heavy atom. The van der Waals surface area contributed by atoms with Crippen LogP contribution in [-0.4, -0.2) is 21.6 Å². The number of carbonyl (C=O) groups is 1. The summed E-state index contributed by atoms with van der Waals surface area (Å²) in [7, 11) is 0. The third kappa shape index (κ3) is 2.54. The van der Waals surface area contributed by atoms with Crippen molar-refractivity contribution in [3.05, 3.63) is 30.1 Å². The molecule has 0 radical (unpaired) electrons. The number of nitrogens with two attached hydrogens (primary N) is 1. The van der Waals surface area contributed by atoms with Gasteiger partial charge in [0.25, 0.3) is 5.91 Å². The molecule has 1 atom stereocenters. The van der Waals surface area contributed by atoms with Crippen molar-refractivity contribution >= 4 is 17.1 Å². The number of nitrogens with one attached hydrogen (secondary N) is 1. The number of carbonyl (C=O) groups excluding carboxylic acids is 1. The van der Waals surface area contributed by atoms with Gasteiger partial charge in [-0.15, -0.1) is 0 Å². The van der Waals surface area contributed by atoms with Gasteiger partial charge in [-0.2, -0.15) is 5.10 Å². The van der Waals surface area contributed by atoms with Crippen LogP contribution in [0.3, 0.4) is 0 Å². The number of nitrogens with zero attached hydrogens (tertiary/aromatic N) is 2. The number of amides is 1. The average molecular weight is 260 g/mol. The third-order valence-corrected chi connectivity index (χ3v) is 3.49. The maximum atomic E-state index is 11.6. The van der Waals surface area contributed by atoms with E-state index in [4.69, 9.17) is 5.73 Å².